The van der Waals surface area contributed by atoms with Crippen molar-refractivity contribution in [2.24, 2.45) is 5.92 Å². The van der Waals surface area contributed by atoms with Gasteiger partial charge in [0.2, 0.25) is 0 Å². The Bertz CT molecular complexity index is 750. The first-order valence-electron chi connectivity index (χ1n) is 9.04. The zero-order valence-corrected chi connectivity index (χ0v) is 16.5. The van der Waals surface area contributed by atoms with Gasteiger partial charge in [0.25, 0.3) is 0 Å². The van der Waals surface area contributed by atoms with Crippen LogP contribution >= 0.6 is 15.9 Å². The maximum absolute atomic E-state index is 11.6. The van der Waals surface area contributed by atoms with E-state index in [2.05, 4.69) is 39.0 Å². The first-order valence-corrected chi connectivity index (χ1v) is 9.83. The molecular weight excluding hydrogens is 394 g/mol. The number of piperidine rings is 1. The normalized spacial score (nSPS) is 19.1. The van der Waals surface area contributed by atoms with Crippen molar-refractivity contribution in [3.05, 3.63) is 64.1 Å². The first kappa shape index (κ1) is 18.9. The smallest absolute Gasteiger partial charge is 0.307 e. The number of hydrogen-bond donors (Lipinski definition) is 1. The third kappa shape index (κ3) is 4.27. The summed E-state index contributed by atoms with van der Waals surface area (Å²) >= 11 is 3.58. The number of nitrogens with zero attached hydrogens (tertiary/aromatic N) is 1. The van der Waals surface area contributed by atoms with Gasteiger partial charge in [-0.05, 0) is 50.1 Å². The first-order chi connectivity index (χ1) is 12.6. The summed E-state index contributed by atoms with van der Waals surface area (Å²) in [5.74, 6) is -0.180. The SMILES string of the molecule is CCOc1ccc(Br)cc1C(c1ccccc1)N1CCCC(C(=O)O)C1. The largest absolute Gasteiger partial charge is 0.494 e. The molecule has 1 aliphatic rings. The minimum atomic E-state index is -0.708. The van der Waals surface area contributed by atoms with Crippen molar-refractivity contribution in [3.63, 3.8) is 0 Å². The number of hydrogen-bond acceptors (Lipinski definition) is 3. The zero-order chi connectivity index (χ0) is 18.5. The Hall–Kier alpha value is -1.85. The molecule has 1 fully saturated rings. The van der Waals surface area contributed by atoms with E-state index in [9.17, 15) is 9.90 Å². The summed E-state index contributed by atoms with van der Waals surface area (Å²) in [7, 11) is 0. The molecular formula is C21H24BrNO3. The van der Waals surface area contributed by atoms with Gasteiger partial charge in [-0.1, -0.05) is 46.3 Å². The summed E-state index contributed by atoms with van der Waals surface area (Å²) in [6.45, 7) is 3.99. The molecule has 138 valence electrons. The molecule has 0 aliphatic carbocycles. The lowest BCUT2D eigenvalue weighted by molar-refractivity contribution is -0.143. The molecule has 5 heteroatoms. The minimum Gasteiger partial charge on any atom is -0.494 e. The monoisotopic (exact) mass is 417 g/mol. The van der Waals surface area contributed by atoms with Gasteiger partial charge in [-0.3, -0.25) is 9.69 Å². The summed E-state index contributed by atoms with van der Waals surface area (Å²) < 4.78 is 6.89. The molecule has 0 bridgehead atoms. The van der Waals surface area contributed by atoms with Crippen LogP contribution in [-0.4, -0.2) is 35.7 Å². The summed E-state index contributed by atoms with van der Waals surface area (Å²) in [4.78, 5) is 13.8. The molecule has 26 heavy (non-hydrogen) atoms. The minimum absolute atomic E-state index is 0.0302. The molecule has 2 unspecified atom stereocenters. The second kappa shape index (κ2) is 8.69. The highest BCUT2D eigenvalue weighted by atomic mass is 79.9. The number of rotatable bonds is 6. The summed E-state index contributed by atoms with van der Waals surface area (Å²) in [6, 6.07) is 16.3. The van der Waals surface area contributed by atoms with Crippen molar-refractivity contribution >= 4 is 21.9 Å². The third-order valence-electron chi connectivity index (χ3n) is 4.85. The number of carbonyl (C=O) groups is 1. The fourth-order valence-electron chi connectivity index (χ4n) is 3.68. The molecule has 2 aromatic rings. The van der Waals surface area contributed by atoms with Crippen LogP contribution in [0.1, 0.15) is 36.9 Å². The lowest BCUT2D eigenvalue weighted by atomic mass is 9.91. The van der Waals surface area contributed by atoms with Gasteiger partial charge in [-0.2, -0.15) is 0 Å². The van der Waals surface area contributed by atoms with E-state index in [-0.39, 0.29) is 12.0 Å². The topological polar surface area (TPSA) is 49.8 Å². The lowest BCUT2D eigenvalue weighted by Gasteiger charge is -2.38. The van der Waals surface area contributed by atoms with E-state index in [0.717, 1.165) is 40.7 Å². The Morgan fingerprint density at radius 1 is 1.31 bits per heavy atom. The van der Waals surface area contributed by atoms with Gasteiger partial charge in [-0.25, -0.2) is 0 Å². The number of carboxylic acids is 1. The molecule has 1 aliphatic heterocycles. The number of benzene rings is 2. The van der Waals surface area contributed by atoms with Crippen molar-refractivity contribution in [1.82, 2.24) is 4.90 Å². The fourth-order valence-corrected chi connectivity index (χ4v) is 4.06. The maximum atomic E-state index is 11.6. The van der Waals surface area contributed by atoms with Crippen LogP contribution in [0.5, 0.6) is 5.75 Å². The molecule has 1 heterocycles. The molecule has 2 atom stereocenters. The van der Waals surface area contributed by atoms with Gasteiger partial charge in [0.1, 0.15) is 5.75 Å². The zero-order valence-electron chi connectivity index (χ0n) is 14.9. The van der Waals surface area contributed by atoms with E-state index >= 15 is 0 Å². The van der Waals surface area contributed by atoms with Crippen molar-refractivity contribution in [1.29, 1.82) is 0 Å². The number of halogens is 1. The van der Waals surface area contributed by atoms with E-state index in [1.165, 1.54) is 0 Å². The molecule has 0 amide bonds. The van der Waals surface area contributed by atoms with Crippen LogP contribution in [0.25, 0.3) is 0 Å². The number of carboxylic acid groups (broad SMARTS) is 1. The fraction of sp³-hybridized carbons (Fsp3) is 0.381. The highest BCUT2D eigenvalue weighted by molar-refractivity contribution is 9.10. The Kier molecular flexibility index (Phi) is 6.33. The van der Waals surface area contributed by atoms with Gasteiger partial charge in [0.15, 0.2) is 0 Å². The Labute approximate surface area is 162 Å². The third-order valence-corrected chi connectivity index (χ3v) is 5.34. The van der Waals surface area contributed by atoms with Crippen molar-refractivity contribution < 1.29 is 14.6 Å². The number of likely N-dealkylation sites (tertiary alicyclic amines) is 1. The van der Waals surface area contributed by atoms with Crippen molar-refractivity contribution in [3.8, 4) is 5.75 Å². The molecule has 1 N–H and O–H groups in total. The Morgan fingerprint density at radius 3 is 2.77 bits per heavy atom. The molecule has 3 rings (SSSR count). The van der Waals surface area contributed by atoms with Crippen LogP contribution in [0.2, 0.25) is 0 Å². The van der Waals surface area contributed by atoms with E-state index < -0.39 is 5.97 Å². The molecule has 0 spiro atoms. The second-order valence-corrected chi connectivity index (χ2v) is 7.52. The second-order valence-electron chi connectivity index (χ2n) is 6.60. The van der Waals surface area contributed by atoms with E-state index in [4.69, 9.17) is 4.74 Å². The molecule has 2 aromatic carbocycles. The maximum Gasteiger partial charge on any atom is 0.307 e. The van der Waals surface area contributed by atoms with E-state index in [1.807, 2.05) is 37.3 Å². The average molecular weight is 418 g/mol. The number of aliphatic carboxylic acids is 1. The van der Waals surface area contributed by atoms with Crippen LogP contribution in [0.15, 0.2) is 53.0 Å². The highest BCUT2D eigenvalue weighted by Crippen LogP contribution is 2.38. The molecule has 0 saturated carbocycles. The van der Waals surface area contributed by atoms with Gasteiger partial charge >= 0.3 is 5.97 Å². The Morgan fingerprint density at radius 2 is 2.08 bits per heavy atom. The lowest BCUT2D eigenvalue weighted by Crippen LogP contribution is -2.41. The molecule has 0 aromatic heterocycles. The van der Waals surface area contributed by atoms with E-state index in [1.54, 1.807) is 0 Å². The van der Waals surface area contributed by atoms with E-state index in [0.29, 0.717) is 13.2 Å². The van der Waals surface area contributed by atoms with Gasteiger partial charge < -0.3 is 9.84 Å². The van der Waals surface area contributed by atoms with Crippen molar-refractivity contribution in [2.75, 3.05) is 19.7 Å². The quantitative estimate of drug-likeness (QED) is 0.737. The molecule has 0 radical (unpaired) electrons. The predicted octanol–water partition coefficient (Wildman–Crippen LogP) is 4.73. The highest BCUT2D eigenvalue weighted by Gasteiger charge is 2.32. The van der Waals surface area contributed by atoms with Crippen LogP contribution in [0.4, 0.5) is 0 Å². The standard InChI is InChI=1S/C21H24BrNO3/c1-2-26-19-11-10-17(22)13-18(19)20(15-7-4-3-5-8-15)23-12-6-9-16(14-23)21(24)25/h3-5,7-8,10-11,13,16,20H,2,6,9,12,14H2,1H3,(H,24,25). The molecule has 1 saturated heterocycles. The van der Waals surface area contributed by atoms with Crippen LogP contribution in [-0.2, 0) is 4.79 Å². The van der Waals surface area contributed by atoms with Crippen LogP contribution in [0.3, 0.4) is 0 Å². The Balaban J connectivity index is 2.05. The number of ether oxygens (including phenoxy) is 1. The van der Waals surface area contributed by atoms with Gasteiger partial charge in [0.05, 0.1) is 18.6 Å². The molecule has 4 nitrogen and oxygen atoms in total. The van der Waals surface area contributed by atoms with Gasteiger partial charge in [-0.15, -0.1) is 0 Å². The van der Waals surface area contributed by atoms with Crippen LogP contribution < -0.4 is 4.74 Å². The van der Waals surface area contributed by atoms with Gasteiger partial charge in [0, 0.05) is 16.6 Å². The summed E-state index contributed by atoms with van der Waals surface area (Å²) in [5.41, 5.74) is 2.22. The van der Waals surface area contributed by atoms with Crippen molar-refractivity contribution in [2.45, 2.75) is 25.8 Å². The predicted molar refractivity (Wildman–Crippen MR) is 106 cm³/mol. The average Bonchev–Trinajstić information content (AvgIpc) is 2.65. The van der Waals surface area contributed by atoms with Crippen LogP contribution in [0, 0.1) is 5.92 Å². The summed E-state index contributed by atoms with van der Waals surface area (Å²) in [5, 5.41) is 9.50. The summed E-state index contributed by atoms with van der Waals surface area (Å²) in [6.07, 6.45) is 1.63.